The lowest BCUT2D eigenvalue weighted by molar-refractivity contribution is -0.384. The molecule has 0 saturated heterocycles. The summed E-state index contributed by atoms with van der Waals surface area (Å²) in [5.74, 6) is -0.128. The lowest BCUT2D eigenvalue weighted by atomic mass is 9.78. The summed E-state index contributed by atoms with van der Waals surface area (Å²) in [6.07, 6.45) is 0. The number of rotatable bonds is 5. The van der Waals surface area contributed by atoms with Crippen molar-refractivity contribution in [2.45, 2.75) is 19.3 Å². The number of para-hydroxylation sites is 1. The first-order valence-corrected chi connectivity index (χ1v) is 10.4. The van der Waals surface area contributed by atoms with Crippen LogP contribution in [0.15, 0.2) is 96.7 Å². The van der Waals surface area contributed by atoms with Crippen LogP contribution in [-0.2, 0) is 5.41 Å². The van der Waals surface area contributed by atoms with Crippen LogP contribution in [0, 0.1) is 10.1 Å². The van der Waals surface area contributed by atoms with E-state index in [0.29, 0.717) is 22.3 Å². The number of nitrogens with zero attached hydrogens (tertiary/aromatic N) is 2. The van der Waals surface area contributed by atoms with E-state index in [9.17, 15) is 14.9 Å². The number of anilines is 1. The maximum atomic E-state index is 13.9. The number of hydrogen-bond acceptors (Lipinski definition) is 4. The van der Waals surface area contributed by atoms with Crippen molar-refractivity contribution in [2.24, 2.45) is 0 Å². The Morgan fingerprint density at radius 2 is 1.50 bits per heavy atom. The van der Waals surface area contributed by atoms with E-state index in [1.165, 1.54) is 12.1 Å². The number of hydrogen-bond donors (Lipinski definition) is 0. The van der Waals surface area contributed by atoms with Gasteiger partial charge in [0.25, 0.3) is 5.69 Å². The van der Waals surface area contributed by atoms with Crippen molar-refractivity contribution in [1.29, 1.82) is 0 Å². The third-order valence-electron chi connectivity index (χ3n) is 6.09. The average molecular weight is 425 g/mol. The van der Waals surface area contributed by atoms with E-state index in [-0.39, 0.29) is 11.5 Å². The van der Waals surface area contributed by atoms with Gasteiger partial charge in [-0.25, -0.2) is 0 Å². The first kappa shape index (κ1) is 21.2. The van der Waals surface area contributed by atoms with Crippen molar-refractivity contribution < 1.29 is 9.72 Å². The number of likely N-dealkylation sites (N-methyl/N-ethyl adjacent to an activating group) is 1. The number of allylic oxidation sites excluding steroid dienone is 3. The molecule has 0 fully saturated rings. The molecule has 0 amide bonds. The SMILES string of the molecule is C=C(/C(C(=O)c1ccccc1)=C1\N(C)c2ccccc2C1(C)C)c1ccc([N+](=O)[O-])cc1. The molecular formula is C27H24N2O3. The van der Waals surface area contributed by atoms with Crippen LogP contribution in [-0.4, -0.2) is 17.8 Å². The number of carbonyl (C=O) groups is 1. The fraction of sp³-hybridized carbons (Fsp3) is 0.148. The minimum Gasteiger partial charge on any atom is -0.346 e. The van der Waals surface area contributed by atoms with Gasteiger partial charge in [-0.05, 0) is 34.9 Å². The molecule has 1 aliphatic heterocycles. The van der Waals surface area contributed by atoms with Crippen molar-refractivity contribution in [3.8, 4) is 0 Å². The molecule has 0 spiro atoms. The average Bonchev–Trinajstić information content (AvgIpc) is 3.00. The van der Waals surface area contributed by atoms with Crippen molar-refractivity contribution in [3.63, 3.8) is 0 Å². The quantitative estimate of drug-likeness (QED) is 0.213. The number of Topliss-reactive ketones (excluding diaryl/α,β-unsaturated/α-hetero) is 1. The number of non-ortho nitro benzene ring substituents is 1. The number of carbonyl (C=O) groups excluding carboxylic acids is 1. The lowest BCUT2D eigenvalue weighted by Gasteiger charge is -2.28. The number of fused-ring (bicyclic) bond motifs is 1. The van der Waals surface area contributed by atoms with Crippen molar-refractivity contribution >= 4 is 22.7 Å². The van der Waals surface area contributed by atoms with Gasteiger partial charge in [-0.2, -0.15) is 0 Å². The predicted molar refractivity (Wildman–Crippen MR) is 128 cm³/mol. The van der Waals surface area contributed by atoms with E-state index in [1.54, 1.807) is 24.3 Å². The Bertz CT molecular complexity index is 1260. The normalized spacial score (nSPS) is 15.8. The molecule has 0 N–H and O–H groups in total. The van der Waals surface area contributed by atoms with Gasteiger partial charge in [-0.15, -0.1) is 0 Å². The van der Waals surface area contributed by atoms with Crippen molar-refractivity contribution in [3.05, 3.63) is 124 Å². The zero-order chi connectivity index (χ0) is 23.0. The first-order valence-electron chi connectivity index (χ1n) is 10.4. The summed E-state index contributed by atoms with van der Waals surface area (Å²) < 4.78 is 0. The van der Waals surface area contributed by atoms with Crippen LogP contribution in [0.5, 0.6) is 0 Å². The van der Waals surface area contributed by atoms with Crippen molar-refractivity contribution in [1.82, 2.24) is 0 Å². The Kier molecular flexibility index (Phi) is 5.26. The van der Waals surface area contributed by atoms with Crippen LogP contribution in [0.1, 0.15) is 35.3 Å². The van der Waals surface area contributed by atoms with E-state index < -0.39 is 10.3 Å². The summed E-state index contributed by atoms with van der Waals surface area (Å²) in [4.78, 5) is 26.6. The summed E-state index contributed by atoms with van der Waals surface area (Å²) in [6, 6.07) is 23.4. The molecule has 0 radical (unpaired) electrons. The zero-order valence-corrected chi connectivity index (χ0v) is 18.3. The Morgan fingerprint density at radius 1 is 0.906 bits per heavy atom. The largest absolute Gasteiger partial charge is 0.346 e. The number of ketones is 1. The number of nitro groups is 1. The van der Waals surface area contributed by atoms with E-state index in [2.05, 4.69) is 31.4 Å². The van der Waals surface area contributed by atoms with Crippen LogP contribution in [0.2, 0.25) is 0 Å². The van der Waals surface area contributed by atoms with Crippen molar-refractivity contribution in [2.75, 3.05) is 11.9 Å². The molecule has 1 heterocycles. The molecule has 0 bridgehead atoms. The molecule has 5 nitrogen and oxygen atoms in total. The van der Waals surface area contributed by atoms with Crippen LogP contribution in [0.25, 0.3) is 5.57 Å². The lowest BCUT2D eigenvalue weighted by Crippen LogP contribution is -2.27. The van der Waals surface area contributed by atoms with E-state index in [0.717, 1.165) is 16.9 Å². The van der Waals surface area contributed by atoms with E-state index >= 15 is 0 Å². The molecule has 32 heavy (non-hydrogen) atoms. The summed E-state index contributed by atoms with van der Waals surface area (Å²) in [7, 11) is 1.96. The molecule has 5 heteroatoms. The highest BCUT2D eigenvalue weighted by Gasteiger charge is 2.42. The van der Waals surface area contributed by atoms with Crippen LogP contribution in [0.3, 0.4) is 0 Å². The third-order valence-corrected chi connectivity index (χ3v) is 6.09. The Balaban J connectivity index is 1.94. The summed E-state index contributed by atoms with van der Waals surface area (Å²) in [6.45, 7) is 8.49. The Labute approximate surface area is 187 Å². The van der Waals surface area contributed by atoms with E-state index in [4.69, 9.17) is 0 Å². The molecule has 0 saturated carbocycles. The maximum absolute atomic E-state index is 13.9. The summed E-state index contributed by atoms with van der Waals surface area (Å²) in [5, 5.41) is 11.1. The van der Waals surface area contributed by atoms with Gasteiger partial charge >= 0.3 is 0 Å². The second kappa shape index (κ2) is 7.93. The topological polar surface area (TPSA) is 63.5 Å². The predicted octanol–water partition coefficient (Wildman–Crippen LogP) is 6.17. The van der Waals surface area contributed by atoms with Crippen LogP contribution < -0.4 is 4.90 Å². The van der Waals surface area contributed by atoms with Gasteiger partial charge in [0.05, 0.1) is 10.5 Å². The highest BCUT2D eigenvalue weighted by atomic mass is 16.6. The molecule has 0 atom stereocenters. The minimum atomic E-state index is -0.439. The molecule has 0 aromatic heterocycles. The monoisotopic (exact) mass is 424 g/mol. The van der Waals surface area contributed by atoms with Gasteiger partial charge in [-0.3, -0.25) is 14.9 Å². The van der Waals surface area contributed by atoms with Gasteiger partial charge in [0, 0.05) is 41.5 Å². The molecule has 4 rings (SSSR count). The third kappa shape index (κ3) is 3.42. The fourth-order valence-electron chi connectivity index (χ4n) is 4.49. The maximum Gasteiger partial charge on any atom is 0.269 e. The van der Waals surface area contributed by atoms with Gasteiger partial charge in [0.1, 0.15) is 0 Å². The van der Waals surface area contributed by atoms with Gasteiger partial charge in [0.15, 0.2) is 5.78 Å². The van der Waals surface area contributed by atoms with Gasteiger partial charge in [-0.1, -0.05) is 69.0 Å². The smallest absolute Gasteiger partial charge is 0.269 e. The Hall–Kier alpha value is -3.99. The highest BCUT2D eigenvalue weighted by Crippen LogP contribution is 2.49. The number of benzene rings is 3. The number of nitro benzene ring substituents is 1. The molecule has 3 aromatic rings. The van der Waals surface area contributed by atoms with E-state index in [1.807, 2.05) is 43.4 Å². The highest BCUT2D eigenvalue weighted by molar-refractivity contribution is 6.19. The second-order valence-corrected chi connectivity index (χ2v) is 8.40. The first-order chi connectivity index (χ1) is 15.2. The second-order valence-electron chi connectivity index (χ2n) is 8.40. The fourth-order valence-corrected chi connectivity index (χ4v) is 4.49. The molecule has 160 valence electrons. The molecule has 3 aromatic carbocycles. The van der Waals surface area contributed by atoms with Gasteiger partial charge < -0.3 is 4.90 Å². The molecule has 0 aliphatic carbocycles. The Morgan fingerprint density at radius 3 is 2.09 bits per heavy atom. The summed E-state index contributed by atoms with van der Waals surface area (Å²) >= 11 is 0. The van der Waals surface area contributed by atoms with Crippen LogP contribution in [0.4, 0.5) is 11.4 Å². The van der Waals surface area contributed by atoms with Crippen LogP contribution >= 0.6 is 0 Å². The zero-order valence-electron chi connectivity index (χ0n) is 18.3. The van der Waals surface area contributed by atoms with Gasteiger partial charge in [0.2, 0.25) is 0 Å². The standard InChI is InChI=1S/C27H24N2O3/c1-18(19-14-16-21(17-15-19)29(31)32)24(25(30)20-10-6-5-7-11-20)26-27(2,3)22-12-8-9-13-23(22)28(26)4/h5-17H,1H2,2-4H3/b26-24+. The summed E-state index contributed by atoms with van der Waals surface area (Å²) in [5.41, 5.74) is 4.88. The minimum absolute atomic E-state index is 0.00383. The molecule has 1 aliphatic rings. The molecular weight excluding hydrogens is 400 g/mol. The molecule has 0 unspecified atom stereocenters.